The lowest BCUT2D eigenvalue weighted by molar-refractivity contribution is 0.134. The van der Waals surface area contributed by atoms with Gasteiger partial charge in [0.15, 0.2) is 0 Å². The molecule has 0 fully saturated rings. The van der Waals surface area contributed by atoms with Crippen LogP contribution in [0.3, 0.4) is 0 Å². The third-order valence-electron chi connectivity index (χ3n) is 3.01. The van der Waals surface area contributed by atoms with Gasteiger partial charge in [0.2, 0.25) is 0 Å². The van der Waals surface area contributed by atoms with Gasteiger partial charge in [-0.05, 0) is 32.0 Å². The average molecular weight is 281 g/mol. The van der Waals surface area contributed by atoms with Crippen LogP contribution in [-0.4, -0.2) is 13.2 Å². The van der Waals surface area contributed by atoms with Gasteiger partial charge in [-0.3, -0.25) is 0 Å². The fraction of sp³-hybridized carbons (Fsp3) is 0.467. The van der Waals surface area contributed by atoms with Crippen molar-refractivity contribution in [2.24, 2.45) is 0 Å². The van der Waals surface area contributed by atoms with Crippen LogP contribution in [0.1, 0.15) is 30.7 Å². The van der Waals surface area contributed by atoms with Gasteiger partial charge in [-0.2, -0.15) is 0 Å². The Kier molecular flexibility index (Phi) is 5.31. The summed E-state index contributed by atoms with van der Waals surface area (Å²) in [7, 11) is 0. The van der Waals surface area contributed by atoms with E-state index in [0.29, 0.717) is 13.2 Å². The minimum atomic E-state index is -0.148. The minimum absolute atomic E-state index is 0.148. The number of hydrogen-bond acceptors (Lipinski definition) is 3. The zero-order valence-corrected chi connectivity index (χ0v) is 12.3. The summed E-state index contributed by atoms with van der Waals surface area (Å²) in [6.45, 7) is 6.99. The molecule has 1 N–H and O–H groups in total. The van der Waals surface area contributed by atoms with Crippen LogP contribution in [0, 0.1) is 5.82 Å². The number of benzene rings is 1. The lowest BCUT2D eigenvalue weighted by atomic mass is 10.1. The Morgan fingerprint density at radius 1 is 1.32 bits per heavy atom. The lowest BCUT2D eigenvalue weighted by Gasteiger charge is -2.06. The summed E-state index contributed by atoms with van der Waals surface area (Å²) in [6.07, 6.45) is 1.10. The summed E-state index contributed by atoms with van der Waals surface area (Å²) < 4.78 is 20.5. The first-order valence-electron chi connectivity index (χ1n) is 6.75. The monoisotopic (exact) mass is 281 g/mol. The standard InChI is InChI=1S/C15H20FNOS/c1-3-8-17-9-14-11(10-18-4-2)15-12(16)6-5-7-13(15)19-14/h5-7,17H,3-4,8-10H2,1-2H3. The van der Waals surface area contributed by atoms with Gasteiger partial charge in [0, 0.05) is 33.7 Å². The zero-order chi connectivity index (χ0) is 13.7. The molecule has 2 aromatic rings. The molecule has 0 aliphatic rings. The number of rotatable bonds is 7. The summed E-state index contributed by atoms with van der Waals surface area (Å²) in [5.41, 5.74) is 1.00. The van der Waals surface area contributed by atoms with Gasteiger partial charge in [0.1, 0.15) is 5.82 Å². The Labute approximate surface area is 117 Å². The van der Waals surface area contributed by atoms with E-state index < -0.39 is 0 Å². The fourth-order valence-corrected chi connectivity index (χ4v) is 3.29. The average Bonchev–Trinajstić information content (AvgIpc) is 2.76. The largest absolute Gasteiger partial charge is 0.377 e. The van der Waals surface area contributed by atoms with Crippen molar-refractivity contribution >= 4 is 21.4 Å². The van der Waals surface area contributed by atoms with Crippen molar-refractivity contribution in [2.45, 2.75) is 33.4 Å². The highest BCUT2D eigenvalue weighted by Gasteiger charge is 2.15. The molecule has 4 heteroatoms. The van der Waals surface area contributed by atoms with Gasteiger partial charge < -0.3 is 10.1 Å². The normalized spacial score (nSPS) is 11.3. The third kappa shape index (κ3) is 3.32. The molecule has 2 nitrogen and oxygen atoms in total. The molecule has 0 saturated heterocycles. The molecule has 0 bridgehead atoms. The second kappa shape index (κ2) is 6.98. The number of nitrogens with one attached hydrogen (secondary N) is 1. The second-order valence-electron chi connectivity index (χ2n) is 4.43. The maximum Gasteiger partial charge on any atom is 0.132 e. The molecule has 0 spiro atoms. The molecular weight excluding hydrogens is 261 g/mol. The van der Waals surface area contributed by atoms with Crippen LogP contribution in [0.5, 0.6) is 0 Å². The van der Waals surface area contributed by atoms with Gasteiger partial charge in [-0.25, -0.2) is 4.39 Å². The van der Waals surface area contributed by atoms with Crippen molar-refractivity contribution in [3.8, 4) is 0 Å². The highest BCUT2D eigenvalue weighted by molar-refractivity contribution is 7.19. The maximum absolute atomic E-state index is 14.0. The van der Waals surface area contributed by atoms with Crippen LogP contribution >= 0.6 is 11.3 Å². The van der Waals surface area contributed by atoms with Crippen molar-refractivity contribution in [3.05, 3.63) is 34.5 Å². The van der Waals surface area contributed by atoms with E-state index in [4.69, 9.17) is 4.74 Å². The van der Waals surface area contributed by atoms with Gasteiger partial charge in [-0.15, -0.1) is 11.3 Å². The summed E-state index contributed by atoms with van der Waals surface area (Å²) in [6, 6.07) is 5.26. The second-order valence-corrected chi connectivity index (χ2v) is 5.57. The number of thiophene rings is 1. The van der Waals surface area contributed by atoms with Crippen molar-refractivity contribution < 1.29 is 9.13 Å². The first-order valence-corrected chi connectivity index (χ1v) is 7.56. The van der Waals surface area contributed by atoms with E-state index in [1.54, 1.807) is 17.4 Å². The predicted octanol–water partition coefficient (Wildman–Crippen LogP) is 4.08. The molecule has 104 valence electrons. The van der Waals surface area contributed by atoms with E-state index in [-0.39, 0.29) is 5.82 Å². The van der Waals surface area contributed by atoms with E-state index in [9.17, 15) is 4.39 Å². The van der Waals surface area contributed by atoms with Crippen molar-refractivity contribution in [2.75, 3.05) is 13.2 Å². The maximum atomic E-state index is 14.0. The predicted molar refractivity (Wildman–Crippen MR) is 79.1 cm³/mol. The van der Waals surface area contributed by atoms with Gasteiger partial charge in [0.05, 0.1) is 6.61 Å². The van der Waals surface area contributed by atoms with E-state index in [2.05, 4.69) is 12.2 Å². The zero-order valence-electron chi connectivity index (χ0n) is 11.5. The summed E-state index contributed by atoms with van der Waals surface area (Å²) >= 11 is 1.66. The first-order chi connectivity index (χ1) is 9.27. The first kappa shape index (κ1) is 14.4. The number of ether oxygens (including phenoxy) is 1. The third-order valence-corrected chi connectivity index (χ3v) is 4.21. The molecule has 0 atom stereocenters. The van der Waals surface area contributed by atoms with Crippen LogP contribution < -0.4 is 5.32 Å². The Hall–Kier alpha value is -0.970. The van der Waals surface area contributed by atoms with Crippen molar-refractivity contribution in [1.82, 2.24) is 5.32 Å². The molecule has 0 aliphatic carbocycles. The molecule has 0 amide bonds. The molecule has 1 aromatic carbocycles. The number of fused-ring (bicyclic) bond motifs is 1. The van der Waals surface area contributed by atoms with Crippen LogP contribution in [0.2, 0.25) is 0 Å². The van der Waals surface area contributed by atoms with E-state index in [1.807, 2.05) is 13.0 Å². The van der Waals surface area contributed by atoms with Crippen LogP contribution in [0.4, 0.5) is 4.39 Å². The SMILES string of the molecule is CCCNCc1sc2cccc(F)c2c1COCC. The smallest absolute Gasteiger partial charge is 0.132 e. The van der Waals surface area contributed by atoms with Crippen LogP contribution in [0.15, 0.2) is 18.2 Å². The molecule has 0 saturated carbocycles. The Balaban J connectivity index is 2.34. The highest BCUT2D eigenvalue weighted by Crippen LogP contribution is 2.33. The van der Waals surface area contributed by atoms with Crippen molar-refractivity contribution in [3.63, 3.8) is 0 Å². The van der Waals surface area contributed by atoms with Crippen LogP contribution in [0.25, 0.3) is 10.1 Å². The fourth-order valence-electron chi connectivity index (χ4n) is 2.09. The van der Waals surface area contributed by atoms with E-state index in [1.165, 1.54) is 10.9 Å². The van der Waals surface area contributed by atoms with Gasteiger partial charge >= 0.3 is 0 Å². The minimum Gasteiger partial charge on any atom is -0.377 e. The molecule has 1 heterocycles. The Morgan fingerprint density at radius 3 is 2.89 bits per heavy atom. The quantitative estimate of drug-likeness (QED) is 0.772. The summed E-state index contributed by atoms with van der Waals surface area (Å²) in [5, 5.41) is 4.11. The topological polar surface area (TPSA) is 21.3 Å². The molecule has 0 radical (unpaired) electrons. The van der Waals surface area contributed by atoms with Gasteiger partial charge in [-0.1, -0.05) is 13.0 Å². The molecule has 1 aromatic heterocycles. The van der Waals surface area contributed by atoms with Crippen LogP contribution in [-0.2, 0) is 17.9 Å². The van der Waals surface area contributed by atoms with Gasteiger partial charge in [0.25, 0.3) is 0 Å². The summed E-state index contributed by atoms with van der Waals surface area (Å²) in [5.74, 6) is -0.148. The lowest BCUT2D eigenvalue weighted by Crippen LogP contribution is -2.14. The molecule has 0 aliphatic heterocycles. The number of hydrogen-bond donors (Lipinski definition) is 1. The molecule has 19 heavy (non-hydrogen) atoms. The number of halogens is 1. The Bertz CT molecular complexity index is 538. The van der Waals surface area contributed by atoms with E-state index in [0.717, 1.165) is 35.2 Å². The van der Waals surface area contributed by atoms with E-state index >= 15 is 0 Å². The van der Waals surface area contributed by atoms with Crippen molar-refractivity contribution in [1.29, 1.82) is 0 Å². The highest BCUT2D eigenvalue weighted by atomic mass is 32.1. The molecular formula is C15H20FNOS. The molecule has 0 unspecified atom stereocenters. The Morgan fingerprint density at radius 2 is 2.16 bits per heavy atom. The molecule has 2 rings (SSSR count). The summed E-state index contributed by atoms with van der Waals surface area (Å²) in [4.78, 5) is 1.18.